The minimum Gasteiger partial charge on any atom is -0.352 e. The number of hydrogen-bond acceptors (Lipinski definition) is 4. The highest BCUT2D eigenvalue weighted by atomic mass is 32.2. The van der Waals surface area contributed by atoms with Crippen LogP contribution in [0.2, 0.25) is 0 Å². The zero-order valence-electron chi connectivity index (χ0n) is 28.2. The van der Waals surface area contributed by atoms with Gasteiger partial charge in [-0.25, -0.2) is 8.42 Å². The van der Waals surface area contributed by atoms with Crippen molar-refractivity contribution in [3.8, 4) is 0 Å². The molecule has 0 unspecified atom stereocenters. The Morgan fingerprint density at radius 1 is 0.851 bits per heavy atom. The van der Waals surface area contributed by atoms with E-state index in [0.29, 0.717) is 12.1 Å². The highest BCUT2D eigenvalue weighted by Gasteiger charge is 2.51. The van der Waals surface area contributed by atoms with Gasteiger partial charge in [0.25, 0.3) is 0 Å². The zero-order chi connectivity index (χ0) is 33.3. The molecule has 8 heteroatoms. The number of benzene rings is 3. The Bertz CT molecular complexity index is 1650. The molecule has 0 heterocycles. The van der Waals surface area contributed by atoms with Crippen molar-refractivity contribution in [2.45, 2.75) is 89.8 Å². The smallest absolute Gasteiger partial charge is 0.244 e. The molecule has 3 aromatic rings. The van der Waals surface area contributed by atoms with Crippen molar-refractivity contribution in [3.63, 3.8) is 0 Å². The molecule has 3 aromatic carbocycles. The highest BCUT2D eigenvalue weighted by molar-refractivity contribution is 7.92. The lowest BCUT2D eigenvalue weighted by Crippen LogP contribution is -2.54. The Balaban J connectivity index is 1.31. The number of rotatable bonds is 12. The number of sulfonamides is 1. The molecule has 4 fully saturated rings. The fourth-order valence-corrected chi connectivity index (χ4v) is 9.81. The molecule has 0 aliphatic heterocycles. The first-order valence-corrected chi connectivity index (χ1v) is 19.0. The molecule has 2 amide bonds. The van der Waals surface area contributed by atoms with Crippen LogP contribution in [-0.2, 0) is 38.0 Å². The van der Waals surface area contributed by atoms with Crippen molar-refractivity contribution < 1.29 is 18.0 Å². The van der Waals surface area contributed by atoms with E-state index in [9.17, 15) is 18.0 Å². The van der Waals surface area contributed by atoms with Gasteiger partial charge < -0.3 is 10.2 Å². The van der Waals surface area contributed by atoms with E-state index in [2.05, 4.69) is 17.4 Å². The minimum absolute atomic E-state index is 0.129. The number of nitrogens with one attached hydrogen (secondary N) is 1. The molecule has 47 heavy (non-hydrogen) atoms. The Morgan fingerprint density at radius 3 is 1.98 bits per heavy atom. The molecule has 4 bridgehead atoms. The molecule has 250 valence electrons. The maximum absolute atomic E-state index is 14.4. The average Bonchev–Trinajstić information content (AvgIpc) is 3.01. The second-order valence-electron chi connectivity index (χ2n) is 14.8. The first-order chi connectivity index (χ1) is 22.4. The van der Waals surface area contributed by atoms with Gasteiger partial charge >= 0.3 is 0 Å². The normalized spacial score (nSPS) is 23.8. The summed E-state index contributed by atoms with van der Waals surface area (Å²) < 4.78 is 27.8. The van der Waals surface area contributed by atoms with Crippen molar-refractivity contribution in [2.24, 2.45) is 17.8 Å². The summed E-state index contributed by atoms with van der Waals surface area (Å²) in [6, 6.07) is 24.4. The van der Waals surface area contributed by atoms with Gasteiger partial charge in [-0.05, 0) is 117 Å². The molecule has 0 saturated heterocycles. The number of carbonyl (C=O) groups excluding carboxylic acids is 2. The van der Waals surface area contributed by atoms with Crippen LogP contribution in [0.3, 0.4) is 0 Å². The van der Waals surface area contributed by atoms with Crippen LogP contribution >= 0.6 is 0 Å². The molecule has 7 nitrogen and oxygen atoms in total. The summed E-state index contributed by atoms with van der Waals surface area (Å²) in [7, 11) is -3.82. The molecule has 4 aliphatic carbocycles. The van der Waals surface area contributed by atoms with Crippen molar-refractivity contribution in [3.05, 3.63) is 101 Å². The SMILES string of the molecule is Cc1ccccc1CN(C(=O)CN(c1ccc(C23CC4CC(CC(C4)C2)C3)cc1)S(C)(=O)=O)[C@@H](Cc1ccccc1)C(=O)NC(C)C. The number of nitrogens with zero attached hydrogens (tertiary/aromatic N) is 2. The van der Waals surface area contributed by atoms with Crippen LogP contribution in [-0.4, -0.2) is 50.0 Å². The lowest BCUT2D eigenvalue weighted by atomic mass is 9.48. The molecule has 7 rings (SSSR count). The first-order valence-electron chi connectivity index (χ1n) is 17.2. The summed E-state index contributed by atoms with van der Waals surface area (Å²) in [5.74, 6) is 1.73. The van der Waals surface area contributed by atoms with Gasteiger partial charge in [-0.1, -0.05) is 66.7 Å². The highest BCUT2D eigenvalue weighted by Crippen LogP contribution is 2.60. The lowest BCUT2D eigenvalue weighted by Gasteiger charge is -2.57. The van der Waals surface area contributed by atoms with Gasteiger partial charge in [0, 0.05) is 19.0 Å². The first kappa shape index (κ1) is 33.3. The van der Waals surface area contributed by atoms with Gasteiger partial charge in [0.15, 0.2) is 0 Å². The van der Waals surface area contributed by atoms with Crippen LogP contribution in [0.4, 0.5) is 5.69 Å². The summed E-state index contributed by atoms with van der Waals surface area (Å²) >= 11 is 0. The minimum atomic E-state index is -3.82. The van der Waals surface area contributed by atoms with Crippen LogP contribution in [0.15, 0.2) is 78.9 Å². The van der Waals surface area contributed by atoms with Crippen molar-refractivity contribution >= 4 is 27.5 Å². The maximum Gasteiger partial charge on any atom is 0.244 e. The Labute approximate surface area is 280 Å². The largest absolute Gasteiger partial charge is 0.352 e. The van der Waals surface area contributed by atoms with Crippen LogP contribution in [0, 0.1) is 24.7 Å². The quantitative estimate of drug-likeness (QED) is 0.245. The van der Waals surface area contributed by atoms with E-state index in [1.54, 1.807) is 4.90 Å². The van der Waals surface area contributed by atoms with E-state index in [-0.39, 0.29) is 23.9 Å². The van der Waals surface area contributed by atoms with Crippen LogP contribution in [0.5, 0.6) is 0 Å². The van der Waals surface area contributed by atoms with E-state index in [1.165, 1.54) is 48.4 Å². The number of anilines is 1. The number of carbonyl (C=O) groups is 2. The molecule has 1 atom stereocenters. The number of amides is 2. The van der Waals surface area contributed by atoms with Gasteiger partial charge in [-0.3, -0.25) is 13.9 Å². The molecule has 1 N–H and O–H groups in total. The Morgan fingerprint density at radius 2 is 1.43 bits per heavy atom. The Kier molecular flexibility index (Phi) is 9.52. The van der Waals surface area contributed by atoms with Gasteiger partial charge in [-0.2, -0.15) is 0 Å². The van der Waals surface area contributed by atoms with E-state index in [0.717, 1.165) is 40.7 Å². The summed E-state index contributed by atoms with van der Waals surface area (Å²) in [4.78, 5) is 29.8. The van der Waals surface area contributed by atoms with Gasteiger partial charge in [0.2, 0.25) is 21.8 Å². The standard InChI is InChI=1S/C39H49N3O4S/c1-27(2)40-38(44)36(21-29-11-6-5-7-12-29)41(25-33-13-9-8-10-28(33)3)37(43)26-42(47(4,45)46)35-16-14-34(15-17-35)39-22-30-18-31(23-39)20-32(19-30)24-39/h5-17,27,30-32,36H,18-26H2,1-4H3,(H,40,44)/t30?,31?,32?,36-,39?/m0/s1. The predicted octanol–water partition coefficient (Wildman–Crippen LogP) is 6.39. The molecule has 4 aliphatic rings. The lowest BCUT2D eigenvalue weighted by molar-refractivity contribution is -0.140. The van der Waals surface area contributed by atoms with Crippen LogP contribution < -0.4 is 9.62 Å². The van der Waals surface area contributed by atoms with Crippen molar-refractivity contribution in [2.75, 3.05) is 17.1 Å². The summed E-state index contributed by atoms with van der Waals surface area (Å²) in [6.07, 6.45) is 9.20. The van der Waals surface area contributed by atoms with E-state index < -0.39 is 28.5 Å². The Hall–Kier alpha value is -3.65. The van der Waals surface area contributed by atoms with Gasteiger partial charge in [-0.15, -0.1) is 0 Å². The second-order valence-corrected chi connectivity index (χ2v) is 16.7. The predicted molar refractivity (Wildman–Crippen MR) is 187 cm³/mol. The van der Waals surface area contributed by atoms with E-state index in [4.69, 9.17) is 0 Å². The maximum atomic E-state index is 14.4. The fraction of sp³-hybridized carbons (Fsp3) is 0.487. The monoisotopic (exact) mass is 655 g/mol. The van der Waals surface area contributed by atoms with E-state index in [1.807, 2.05) is 87.5 Å². The molecule has 0 aromatic heterocycles. The van der Waals surface area contributed by atoms with Crippen molar-refractivity contribution in [1.29, 1.82) is 0 Å². The number of aryl methyl sites for hydroxylation is 1. The molecule has 0 radical (unpaired) electrons. The number of hydrogen-bond donors (Lipinski definition) is 1. The average molecular weight is 656 g/mol. The van der Waals surface area contributed by atoms with Crippen LogP contribution in [0.1, 0.15) is 74.6 Å². The summed E-state index contributed by atoms with van der Waals surface area (Å²) in [6.45, 7) is 5.54. The van der Waals surface area contributed by atoms with Crippen LogP contribution in [0.25, 0.3) is 0 Å². The van der Waals surface area contributed by atoms with Gasteiger partial charge in [0.05, 0.1) is 11.9 Å². The third-order valence-electron chi connectivity index (χ3n) is 10.8. The topological polar surface area (TPSA) is 86.8 Å². The zero-order valence-corrected chi connectivity index (χ0v) is 29.0. The van der Waals surface area contributed by atoms with Gasteiger partial charge in [0.1, 0.15) is 12.6 Å². The van der Waals surface area contributed by atoms with Crippen molar-refractivity contribution in [1.82, 2.24) is 10.2 Å². The van der Waals surface area contributed by atoms with E-state index >= 15 is 0 Å². The molecule has 4 saturated carbocycles. The molecular formula is C39H49N3O4S. The summed E-state index contributed by atoms with van der Waals surface area (Å²) in [5, 5.41) is 3.01. The molecule has 0 spiro atoms. The molecular weight excluding hydrogens is 607 g/mol. The second kappa shape index (κ2) is 13.5. The third-order valence-corrected chi connectivity index (χ3v) is 11.9. The third kappa shape index (κ3) is 7.43. The fourth-order valence-electron chi connectivity index (χ4n) is 8.96. The summed E-state index contributed by atoms with van der Waals surface area (Å²) in [5.41, 5.74) is 4.78.